The van der Waals surface area contributed by atoms with E-state index in [9.17, 15) is 0 Å². The second kappa shape index (κ2) is 36.0. The zero-order valence-corrected chi connectivity index (χ0v) is 48.5. The maximum atomic E-state index is 2.47. The van der Waals surface area contributed by atoms with Crippen LogP contribution in [-0.2, 0) is 0 Å². The minimum Gasteiger partial charge on any atom is -0.0654 e. The van der Waals surface area contributed by atoms with Crippen molar-refractivity contribution in [2.75, 3.05) is 0 Å². The van der Waals surface area contributed by atoms with Crippen LogP contribution in [0.2, 0.25) is 0 Å². The maximum Gasteiger partial charge on any atom is -0.0226 e. The number of unbranched alkanes of at least 4 members (excludes halogenated alkanes) is 4. The molecule has 3 aliphatic carbocycles. The van der Waals surface area contributed by atoms with E-state index in [0.717, 1.165) is 29.6 Å². The second-order valence-corrected chi connectivity index (χ2v) is 26.0. The Kier molecular flexibility index (Phi) is 36.0. The van der Waals surface area contributed by atoms with Crippen LogP contribution in [0.1, 0.15) is 355 Å². The Balaban J connectivity index is 0.000000827. The monoisotopic (exact) mass is 899 g/mol. The molecule has 3 aliphatic rings. The molecule has 3 rings (SSSR count). The van der Waals surface area contributed by atoms with Crippen LogP contribution >= 0.6 is 0 Å². The highest BCUT2D eigenvalue weighted by Crippen LogP contribution is 2.53. The van der Waals surface area contributed by atoms with Crippen LogP contribution in [0.5, 0.6) is 0 Å². The van der Waals surface area contributed by atoms with E-state index < -0.39 is 0 Å². The fourth-order valence-electron chi connectivity index (χ4n) is 13.8. The molecule has 0 spiro atoms. The smallest absolute Gasteiger partial charge is 0.0226 e. The molecule has 0 aromatic carbocycles. The summed E-state index contributed by atoms with van der Waals surface area (Å²) in [5, 5.41) is 0. The molecule has 0 heterocycles. The lowest BCUT2D eigenvalue weighted by Crippen LogP contribution is -2.40. The molecule has 0 heteroatoms. The van der Waals surface area contributed by atoms with Gasteiger partial charge in [0.1, 0.15) is 0 Å². The van der Waals surface area contributed by atoms with Crippen molar-refractivity contribution in [3.05, 3.63) is 0 Å². The summed E-state index contributed by atoms with van der Waals surface area (Å²) in [7, 11) is 0. The minimum atomic E-state index is 0.464. The van der Waals surface area contributed by atoms with Crippen LogP contribution in [0.3, 0.4) is 0 Å². The average Bonchev–Trinajstić information content (AvgIpc) is 3.52. The van der Waals surface area contributed by atoms with Gasteiger partial charge in [-0.1, -0.05) is 285 Å². The lowest BCUT2D eigenvalue weighted by Gasteiger charge is -2.49. The van der Waals surface area contributed by atoms with E-state index in [1.54, 1.807) is 0 Å². The first-order chi connectivity index (χ1) is 30.3. The zero-order valence-electron chi connectivity index (χ0n) is 48.5. The molecule has 0 nitrogen and oxygen atoms in total. The predicted octanol–water partition coefficient (Wildman–Crippen LogP) is 23.8. The van der Waals surface area contributed by atoms with E-state index in [1.165, 1.54) is 238 Å². The first kappa shape index (κ1) is 64.0. The van der Waals surface area contributed by atoms with E-state index in [0.29, 0.717) is 27.1 Å². The first-order valence-corrected chi connectivity index (χ1v) is 30.3. The van der Waals surface area contributed by atoms with Gasteiger partial charge < -0.3 is 0 Å². The van der Waals surface area contributed by atoms with Crippen LogP contribution in [0.4, 0.5) is 0 Å². The summed E-state index contributed by atoms with van der Waals surface area (Å²) >= 11 is 0. The summed E-state index contributed by atoms with van der Waals surface area (Å²) in [6.07, 6.45) is 53.9. The van der Waals surface area contributed by atoms with Crippen molar-refractivity contribution >= 4 is 0 Å². The lowest BCUT2D eigenvalue weighted by atomic mass is 9.56. The SMILES string of the molecule is CC(C)C1(C(C)(C)C)CCCCCCCC1.CC(C)CC1(C(C)C)CCCCCCCC1.CCCCC(CCCC)(CCCC)C(C)C.CCCCC1(C(C)C)CCCCCCCC1. The normalized spacial score (nSPS) is 20.3. The van der Waals surface area contributed by atoms with Crippen molar-refractivity contribution in [3.63, 3.8) is 0 Å². The van der Waals surface area contributed by atoms with E-state index in [-0.39, 0.29) is 0 Å². The van der Waals surface area contributed by atoms with E-state index in [1.807, 2.05) is 0 Å². The molecular weight excluding hydrogens is 769 g/mol. The van der Waals surface area contributed by atoms with Gasteiger partial charge in [-0.2, -0.15) is 0 Å². The summed E-state index contributed by atoms with van der Waals surface area (Å²) in [4.78, 5) is 0. The summed E-state index contributed by atoms with van der Waals surface area (Å²) in [6.45, 7) is 41.1. The van der Waals surface area contributed by atoms with Crippen molar-refractivity contribution < 1.29 is 0 Å². The van der Waals surface area contributed by atoms with Gasteiger partial charge in [0.15, 0.2) is 0 Å². The van der Waals surface area contributed by atoms with Crippen LogP contribution in [0.15, 0.2) is 0 Å². The molecule has 0 aromatic heterocycles. The Labute approximate surface area is 410 Å². The fourth-order valence-corrected chi connectivity index (χ4v) is 13.8. The summed E-state index contributed by atoms with van der Waals surface area (Å²) < 4.78 is 0. The highest BCUT2D eigenvalue weighted by molar-refractivity contribution is 4.93. The van der Waals surface area contributed by atoms with Crippen LogP contribution in [0.25, 0.3) is 0 Å². The highest BCUT2D eigenvalue weighted by Gasteiger charge is 2.43. The molecule has 0 unspecified atom stereocenters. The fraction of sp³-hybridized carbons (Fsp3) is 1.00. The standard InChI is InChI=1S/3C16H32.C16H34/c1-14(2)16(15(3,4)5)12-10-8-6-7-9-11-13-16;1-14(2)13-16(15(3)4)11-9-7-5-6-8-10-12-16;1-4-5-12-16(15(2)3)13-10-8-6-7-9-11-14-16;1-6-9-12-16(15(4)5,13-10-7-2)14-11-8-3/h14H,6-13H2,1-5H3;14-15H,5-13H2,1-4H3;15H,4-14H2,1-3H3;15H,6-14H2,1-5H3. The van der Waals surface area contributed by atoms with Crippen LogP contribution in [0, 0.1) is 56.7 Å². The lowest BCUT2D eigenvalue weighted by molar-refractivity contribution is 0.00750. The maximum absolute atomic E-state index is 2.47. The largest absolute Gasteiger partial charge is 0.0654 e. The van der Waals surface area contributed by atoms with E-state index in [2.05, 4.69) is 118 Å². The topological polar surface area (TPSA) is 0 Å². The molecule has 0 bridgehead atoms. The van der Waals surface area contributed by atoms with Crippen molar-refractivity contribution in [1.29, 1.82) is 0 Å². The molecule has 3 fully saturated rings. The highest BCUT2D eigenvalue weighted by atomic mass is 14.5. The number of hydrogen-bond donors (Lipinski definition) is 0. The molecule has 0 aromatic rings. The molecule has 0 atom stereocenters. The Hall–Kier alpha value is 0. The van der Waals surface area contributed by atoms with Crippen molar-refractivity contribution in [3.8, 4) is 0 Å². The Morgan fingerprint density at radius 3 is 0.906 bits per heavy atom. The summed E-state index contributed by atoms with van der Waals surface area (Å²) in [5.74, 6) is 4.30. The Morgan fingerprint density at radius 2 is 0.656 bits per heavy atom. The number of rotatable bonds is 18. The van der Waals surface area contributed by atoms with Gasteiger partial charge in [-0.15, -0.1) is 0 Å². The molecule has 0 aliphatic heterocycles. The quantitative estimate of drug-likeness (QED) is 0.129. The zero-order chi connectivity index (χ0) is 48.5. The Morgan fingerprint density at radius 1 is 0.359 bits per heavy atom. The first-order valence-electron chi connectivity index (χ1n) is 30.3. The van der Waals surface area contributed by atoms with Gasteiger partial charge in [0.05, 0.1) is 0 Å². The summed E-state index contributed by atoms with van der Waals surface area (Å²) in [5.41, 5.74) is 3.06. The molecular formula is C64H130. The predicted molar refractivity (Wildman–Crippen MR) is 297 cm³/mol. The van der Waals surface area contributed by atoms with Crippen molar-refractivity contribution in [2.24, 2.45) is 56.7 Å². The van der Waals surface area contributed by atoms with Gasteiger partial charge in [0.2, 0.25) is 0 Å². The molecule has 0 N–H and O–H groups in total. The van der Waals surface area contributed by atoms with Gasteiger partial charge >= 0.3 is 0 Å². The third kappa shape index (κ3) is 24.5. The molecule has 3 saturated carbocycles. The molecule has 64 heavy (non-hydrogen) atoms. The van der Waals surface area contributed by atoms with Gasteiger partial charge in [0.25, 0.3) is 0 Å². The third-order valence-electron chi connectivity index (χ3n) is 18.9. The summed E-state index contributed by atoms with van der Waals surface area (Å²) in [6, 6.07) is 0. The van der Waals surface area contributed by atoms with Gasteiger partial charge in [-0.25, -0.2) is 0 Å². The van der Waals surface area contributed by atoms with Gasteiger partial charge in [-0.05, 0) is 127 Å². The number of hydrogen-bond acceptors (Lipinski definition) is 0. The Bertz CT molecular complexity index is 944. The third-order valence-corrected chi connectivity index (χ3v) is 18.9. The van der Waals surface area contributed by atoms with Crippen LogP contribution in [-0.4, -0.2) is 0 Å². The van der Waals surface area contributed by atoms with Crippen LogP contribution < -0.4 is 0 Å². The van der Waals surface area contributed by atoms with Crippen molar-refractivity contribution in [1.82, 2.24) is 0 Å². The molecule has 0 saturated heterocycles. The molecule has 0 amide bonds. The van der Waals surface area contributed by atoms with Gasteiger partial charge in [-0.3, -0.25) is 0 Å². The molecule has 0 radical (unpaired) electrons. The minimum absolute atomic E-state index is 0.464. The van der Waals surface area contributed by atoms with Crippen molar-refractivity contribution in [2.45, 2.75) is 355 Å². The second-order valence-electron chi connectivity index (χ2n) is 26.0. The van der Waals surface area contributed by atoms with Gasteiger partial charge in [0, 0.05) is 0 Å². The van der Waals surface area contributed by atoms with E-state index >= 15 is 0 Å². The van der Waals surface area contributed by atoms with E-state index in [4.69, 9.17) is 0 Å². The molecule has 386 valence electrons. The average molecular weight is 900 g/mol.